The van der Waals surface area contributed by atoms with Gasteiger partial charge in [0.1, 0.15) is 0 Å². The molecule has 1 fully saturated rings. The smallest absolute Gasteiger partial charge is 0.263 e. The summed E-state index contributed by atoms with van der Waals surface area (Å²) in [6.07, 6.45) is 1.53. The molecule has 0 unspecified atom stereocenters. The Bertz CT molecular complexity index is 973. The monoisotopic (exact) mass is 409 g/mol. The van der Waals surface area contributed by atoms with E-state index in [-0.39, 0.29) is 23.5 Å². The van der Waals surface area contributed by atoms with Gasteiger partial charge >= 0.3 is 0 Å². The molecule has 0 saturated carbocycles. The van der Waals surface area contributed by atoms with Gasteiger partial charge < -0.3 is 4.90 Å². The SMILES string of the molecule is CCc1cc(C(=O)N(C)Cc2c(C)nn([C@H]3CCS(=O)(=O)C3)c2C)sc1C. The molecule has 2 aromatic heterocycles. The maximum absolute atomic E-state index is 12.8. The molecule has 27 heavy (non-hydrogen) atoms. The second-order valence-corrected chi connectivity index (χ2v) is 10.8. The predicted molar refractivity (Wildman–Crippen MR) is 108 cm³/mol. The van der Waals surface area contributed by atoms with Gasteiger partial charge in [0.15, 0.2) is 9.84 Å². The number of sulfone groups is 1. The summed E-state index contributed by atoms with van der Waals surface area (Å²) in [6.45, 7) is 8.49. The quantitative estimate of drug-likeness (QED) is 0.761. The van der Waals surface area contributed by atoms with E-state index < -0.39 is 9.84 Å². The highest BCUT2D eigenvalue weighted by Crippen LogP contribution is 2.28. The standard InChI is InChI=1S/C19H27N3O3S2/c1-6-15-9-18(26-14(15)4)19(23)21(5)10-17-12(2)20-22(13(17)3)16-7-8-27(24,25)11-16/h9,16H,6-8,10-11H2,1-5H3/t16-/m0/s1. The Morgan fingerprint density at radius 1 is 1.37 bits per heavy atom. The molecule has 3 rings (SSSR count). The van der Waals surface area contributed by atoms with Crippen molar-refractivity contribution in [2.45, 2.75) is 53.1 Å². The lowest BCUT2D eigenvalue weighted by atomic mass is 10.1. The van der Waals surface area contributed by atoms with E-state index in [1.165, 1.54) is 10.4 Å². The number of carbonyl (C=O) groups excluding carboxylic acids is 1. The lowest BCUT2D eigenvalue weighted by molar-refractivity contribution is 0.0789. The largest absolute Gasteiger partial charge is 0.337 e. The number of carbonyl (C=O) groups is 1. The highest BCUT2D eigenvalue weighted by atomic mass is 32.2. The van der Waals surface area contributed by atoms with Gasteiger partial charge in [-0.15, -0.1) is 11.3 Å². The molecule has 2 aromatic rings. The molecule has 0 bridgehead atoms. The number of nitrogens with zero attached hydrogens (tertiary/aromatic N) is 3. The van der Waals surface area contributed by atoms with E-state index in [1.54, 1.807) is 23.3 Å². The number of aryl methyl sites for hydroxylation is 3. The van der Waals surface area contributed by atoms with E-state index in [0.29, 0.717) is 13.0 Å². The number of aromatic nitrogens is 2. The van der Waals surface area contributed by atoms with E-state index in [4.69, 9.17) is 0 Å². The number of hydrogen-bond acceptors (Lipinski definition) is 5. The van der Waals surface area contributed by atoms with Crippen LogP contribution in [0.4, 0.5) is 0 Å². The Morgan fingerprint density at radius 2 is 2.07 bits per heavy atom. The van der Waals surface area contributed by atoms with E-state index in [2.05, 4.69) is 12.0 Å². The minimum absolute atomic E-state index is 0.0118. The van der Waals surface area contributed by atoms with Crippen LogP contribution < -0.4 is 0 Å². The fourth-order valence-corrected chi connectivity index (χ4v) is 6.52. The molecule has 0 N–H and O–H groups in total. The molecule has 1 atom stereocenters. The fourth-order valence-electron chi connectivity index (χ4n) is 3.72. The maximum atomic E-state index is 12.8. The maximum Gasteiger partial charge on any atom is 0.263 e. The molecule has 1 aliphatic rings. The van der Waals surface area contributed by atoms with Crippen molar-refractivity contribution in [3.8, 4) is 0 Å². The highest BCUT2D eigenvalue weighted by Gasteiger charge is 2.31. The van der Waals surface area contributed by atoms with Gasteiger partial charge in [0, 0.05) is 29.7 Å². The van der Waals surface area contributed by atoms with Crippen LogP contribution in [0.2, 0.25) is 0 Å². The first-order valence-electron chi connectivity index (χ1n) is 9.22. The van der Waals surface area contributed by atoms with Crippen molar-refractivity contribution >= 4 is 27.1 Å². The van der Waals surface area contributed by atoms with Crippen LogP contribution in [0.5, 0.6) is 0 Å². The third-order valence-electron chi connectivity index (χ3n) is 5.38. The van der Waals surface area contributed by atoms with Crippen molar-refractivity contribution in [3.63, 3.8) is 0 Å². The first-order chi connectivity index (χ1) is 12.6. The average Bonchev–Trinajstić information content (AvgIpc) is 3.24. The van der Waals surface area contributed by atoms with Gasteiger partial charge in [0.25, 0.3) is 5.91 Å². The Hall–Kier alpha value is -1.67. The van der Waals surface area contributed by atoms with Crippen LogP contribution in [0.1, 0.15) is 56.4 Å². The molecular weight excluding hydrogens is 382 g/mol. The lowest BCUT2D eigenvalue weighted by Crippen LogP contribution is -2.26. The summed E-state index contributed by atoms with van der Waals surface area (Å²) in [5, 5.41) is 4.59. The van der Waals surface area contributed by atoms with Crippen molar-refractivity contribution < 1.29 is 13.2 Å². The molecule has 1 aliphatic heterocycles. The van der Waals surface area contributed by atoms with Crippen molar-refractivity contribution in [1.29, 1.82) is 0 Å². The van der Waals surface area contributed by atoms with Crippen molar-refractivity contribution in [2.24, 2.45) is 0 Å². The number of hydrogen-bond donors (Lipinski definition) is 0. The minimum atomic E-state index is -2.96. The van der Waals surface area contributed by atoms with Crippen LogP contribution in [0.15, 0.2) is 6.07 Å². The van der Waals surface area contributed by atoms with Gasteiger partial charge in [0.05, 0.1) is 28.1 Å². The summed E-state index contributed by atoms with van der Waals surface area (Å²) in [5.41, 5.74) is 4.03. The van der Waals surface area contributed by atoms with Crippen LogP contribution in [0.3, 0.4) is 0 Å². The van der Waals surface area contributed by atoms with Crippen LogP contribution in [0, 0.1) is 20.8 Å². The van der Waals surface area contributed by atoms with E-state index in [0.717, 1.165) is 28.2 Å². The molecule has 1 saturated heterocycles. The second-order valence-electron chi connectivity index (χ2n) is 7.36. The molecule has 1 amide bonds. The van der Waals surface area contributed by atoms with Crippen molar-refractivity contribution in [2.75, 3.05) is 18.6 Å². The van der Waals surface area contributed by atoms with Crippen molar-refractivity contribution in [3.05, 3.63) is 38.3 Å². The molecular formula is C19H27N3O3S2. The second kappa shape index (κ2) is 7.39. The molecule has 3 heterocycles. The molecule has 0 aliphatic carbocycles. The van der Waals surface area contributed by atoms with Gasteiger partial charge in [-0.05, 0) is 45.2 Å². The minimum Gasteiger partial charge on any atom is -0.337 e. The number of amides is 1. The van der Waals surface area contributed by atoms with Crippen LogP contribution in [0.25, 0.3) is 0 Å². The summed E-state index contributed by atoms with van der Waals surface area (Å²) in [7, 11) is -1.16. The van der Waals surface area contributed by atoms with Crippen LogP contribution in [-0.2, 0) is 22.8 Å². The molecule has 148 valence electrons. The molecule has 8 heteroatoms. The normalized spacial score (nSPS) is 18.8. The topological polar surface area (TPSA) is 72.3 Å². The van der Waals surface area contributed by atoms with Crippen molar-refractivity contribution in [1.82, 2.24) is 14.7 Å². The molecule has 0 spiro atoms. The van der Waals surface area contributed by atoms with Crippen LogP contribution in [-0.4, -0.2) is 47.6 Å². The molecule has 0 aromatic carbocycles. The van der Waals surface area contributed by atoms with Gasteiger partial charge in [0.2, 0.25) is 0 Å². The Kier molecular flexibility index (Phi) is 5.49. The molecule has 0 radical (unpaired) electrons. The van der Waals surface area contributed by atoms with E-state index in [9.17, 15) is 13.2 Å². The van der Waals surface area contributed by atoms with Gasteiger partial charge in [-0.3, -0.25) is 9.48 Å². The van der Waals surface area contributed by atoms with Gasteiger partial charge in [-0.25, -0.2) is 8.42 Å². The summed E-state index contributed by atoms with van der Waals surface area (Å²) < 4.78 is 25.5. The van der Waals surface area contributed by atoms with Gasteiger partial charge in [-0.1, -0.05) is 6.92 Å². The third kappa shape index (κ3) is 3.96. The third-order valence-corrected chi connectivity index (χ3v) is 8.21. The zero-order chi connectivity index (χ0) is 19.9. The van der Waals surface area contributed by atoms with E-state index >= 15 is 0 Å². The number of rotatable bonds is 5. The molecule has 6 nitrogen and oxygen atoms in total. The summed E-state index contributed by atoms with van der Waals surface area (Å²) in [4.78, 5) is 16.5. The summed E-state index contributed by atoms with van der Waals surface area (Å²) in [5.74, 6) is 0.386. The zero-order valence-electron chi connectivity index (χ0n) is 16.6. The van der Waals surface area contributed by atoms with Crippen LogP contribution >= 0.6 is 11.3 Å². The average molecular weight is 410 g/mol. The first kappa shape index (κ1) is 20.1. The fraction of sp³-hybridized carbons (Fsp3) is 0.579. The zero-order valence-corrected chi connectivity index (χ0v) is 18.2. The van der Waals surface area contributed by atoms with Gasteiger partial charge in [-0.2, -0.15) is 5.10 Å². The summed E-state index contributed by atoms with van der Waals surface area (Å²) in [6, 6.07) is 1.89. The van der Waals surface area contributed by atoms with E-state index in [1.807, 2.05) is 31.5 Å². The highest BCUT2D eigenvalue weighted by molar-refractivity contribution is 7.91. The number of thiophene rings is 1. The lowest BCUT2D eigenvalue weighted by Gasteiger charge is -2.17. The first-order valence-corrected chi connectivity index (χ1v) is 11.9. The predicted octanol–water partition coefficient (Wildman–Crippen LogP) is 3.06. The Morgan fingerprint density at radius 3 is 2.63 bits per heavy atom. The Balaban J connectivity index is 1.80. The summed E-state index contributed by atoms with van der Waals surface area (Å²) >= 11 is 1.54. The Labute approximate surface area is 165 Å².